The third kappa shape index (κ3) is 2.43. The third-order valence-corrected chi connectivity index (χ3v) is 6.34. The number of fused-ring (bicyclic) bond motifs is 2. The van der Waals surface area contributed by atoms with Crippen LogP contribution in [-0.2, 0) is 9.53 Å². The first kappa shape index (κ1) is 15.9. The van der Waals surface area contributed by atoms with Gasteiger partial charge < -0.3 is 14.8 Å². The molecule has 1 aromatic carbocycles. The second kappa shape index (κ2) is 6.07. The van der Waals surface area contributed by atoms with Gasteiger partial charge in [0.15, 0.2) is 0 Å². The first-order valence-corrected chi connectivity index (χ1v) is 9.22. The highest BCUT2D eigenvalue weighted by atomic mass is 16.5. The second-order valence-electron chi connectivity index (χ2n) is 7.70. The molecule has 1 heterocycles. The minimum atomic E-state index is 0.114. The van der Waals surface area contributed by atoms with Crippen LogP contribution >= 0.6 is 0 Å². The molecule has 0 unspecified atom stereocenters. The minimum Gasteiger partial charge on any atom is -0.493 e. The van der Waals surface area contributed by atoms with Crippen LogP contribution in [0.3, 0.4) is 0 Å². The van der Waals surface area contributed by atoms with Crippen LogP contribution < -0.4 is 10.1 Å². The standard InChI is InChI=1S/C20H27NO3/c1-13-5-3-6-14(2)17(13)23-12-8-16(22)21-18-15-7-11-24-19(15)20(18)9-4-10-20/h3,5-6,15,18-19H,4,7-12H2,1-2H3,(H,21,22)/t15-,18-,19+/m1/s1. The monoisotopic (exact) mass is 329 g/mol. The Morgan fingerprint density at radius 1 is 1.33 bits per heavy atom. The summed E-state index contributed by atoms with van der Waals surface area (Å²) in [5.41, 5.74) is 2.49. The molecule has 4 heteroatoms. The second-order valence-corrected chi connectivity index (χ2v) is 7.70. The molecule has 0 bridgehead atoms. The predicted octanol–water partition coefficient (Wildman–Crippen LogP) is 3.15. The van der Waals surface area contributed by atoms with Crippen LogP contribution in [0.1, 0.15) is 43.2 Å². The Hall–Kier alpha value is -1.55. The maximum Gasteiger partial charge on any atom is 0.223 e. The maximum absolute atomic E-state index is 12.4. The highest BCUT2D eigenvalue weighted by Crippen LogP contribution is 2.62. The fraction of sp³-hybridized carbons (Fsp3) is 0.650. The lowest BCUT2D eigenvalue weighted by molar-refractivity contribution is -0.179. The summed E-state index contributed by atoms with van der Waals surface area (Å²) in [5.74, 6) is 1.56. The van der Waals surface area contributed by atoms with E-state index in [9.17, 15) is 4.79 Å². The summed E-state index contributed by atoms with van der Waals surface area (Å²) in [6.45, 7) is 5.37. The van der Waals surface area contributed by atoms with Crippen molar-refractivity contribution in [3.8, 4) is 5.75 Å². The molecule has 1 amide bonds. The van der Waals surface area contributed by atoms with Gasteiger partial charge in [-0.1, -0.05) is 24.6 Å². The molecule has 24 heavy (non-hydrogen) atoms. The summed E-state index contributed by atoms with van der Waals surface area (Å²) in [6.07, 6.45) is 5.60. The van der Waals surface area contributed by atoms with Crippen molar-refractivity contribution in [2.45, 2.75) is 58.1 Å². The van der Waals surface area contributed by atoms with Crippen molar-refractivity contribution >= 4 is 5.91 Å². The van der Waals surface area contributed by atoms with Gasteiger partial charge in [-0.15, -0.1) is 0 Å². The molecule has 0 radical (unpaired) electrons. The lowest BCUT2D eigenvalue weighted by Gasteiger charge is -2.63. The van der Waals surface area contributed by atoms with Crippen LogP contribution in [0.15, 0.2) is 18.2 Å². The lowest BCUT2D eigenvalue weighted by Crippen LogP contribution is -2.71. The Bertz CT molecular complexity index is 618. The zero-order valence-electron chi connectivity index (χ0n) is 14.6. The molecule has 1 saturated heterocycles. The van der Waals surface area contributed by atoms with E-state index in [1.807, 2.05) is 32.0 Å². The van der Waals surface area contributed by atoms with Gasteiger partial charge in [-0.3, -0.25) is 4.79 Å². The molecule has 1 aromatic rings. The van der Waals surface area contributed by atoms with E-state index in [0.717, 1.165) is 29.9 Å². The summed E-state index contributed by atoms with van der Waals surface area (Å²) in [5, 5.41) is 3.30. The zero-order valence-corrected chi connectivity index (χ0v) is 14.6. The van der Waals surface area contributed by atoms with E-state index in [1.165, 1.54) is 19.3 Å². The maximum atomic E-state index is 12.4. The van der Waals surface area contributed by atoms with Crippen molar-refractivity contribution in [2.24, 2.45) is 11.3 Å². The van der Waals surface area contributed by atoms with Gasteiger partial charge in [-0.2, -0.15) is 0 Å². The van der Waals surface area contributed by atoms with E-state index in [1.54, 1.807) is 0 Å². The number of carbonyl (C=O) groups is 1. The normalized spacial score (nSPS) is 29.5. The topological polar surface area (TPSA) is 47.6 Å². The van der Waals surface area contributed by atoms with Gasteiger partial charge in [0.05, 0.1) is 19.1 Å². The fourth-order valence-corrected chi connectivity index (χ4v) is 4.97. The summed E-state index contributed by atoms with van der Waals surface area (Å²) in [6, 6.07) is 6.43. The molecule has 4 rings (SSSR count). The van der Waals surface area contributed by atoms with Crippen LogP contribution in [0.25, 0.3) is 0 Å². The van der Waals surface area contributed by atoms with Crippen LogP contribution in [-0.4, -0.2) is 31.3 Å². The van der Waals surface area contributed by atoms with E-state index >= 15 is 0 Å². The van der Waals surface area contributed by atoms with Crippen molar-refractivity contribution in [2.75, 3.05) is 13.2 Å². The molecule has 1 spiro atoms. The van der Waals surface area contributed by atoms with Crippen LogP contribution in [0.5, 0.6) is 5.75 Å². The Morgan fingerprint density at radius 2 is 2.08 bits per heavy atom. The van der Waals surface area contributed by atoms with Crippen molar-refractivity contribution in [1.82, 2.24) is 5.32 Å². The van der Waals surface area contributed by atoms with Crippen molar-refractivity contribution in [3.05, 3.63) is 29.3 Å². The fourth-order valence-electron chi connectivity index (χ4n) is 4.97. The van der Waals surface area contributed by atoms with Gasteiger partial charge in [-0.05, 0) is 44.2 Å². The van der Waals surface area contributed by atoms with Gasteiger partial charge in [0.1, 0.15) is 5.75 Å². The average Bonchev–Trinajstić information content (AvgIpc) is 2.91. The van der Waals surface area contributed by atoms with Gasteiger partial charge in [0, 0.05) is 24.0 Å². The van der Waals surface area contributed by atoms with Gasteiger partial charge >= 0.3 is 0 Å². The summed E-state index contributed by atoms with van der Waals surface area (Å²) < 4.78 is 11.8. The van der Waals surface area contributed by atoms with E-state index in [0.29, 0.717) is 31.1 Å². The molecule has 2 saturated carbocycles. The quantitative estimate of drug-likeness (QED) is 0.903. The number of ether oxygens (including phenoxy) is 2. The number of amides is 1. The van der Waals surface area contributed by atoms with Crippen molar-refractivity contribution in [1.29, 1.82) is 0 Å². The largest absolute Gasteiger partial charge is 0.493 e. The van der Waals surface area contributed by atoms with Gasteiger partial charge in [0.2, 0.25) is 5.91 Å². The number of carbonyl (C=O) groups excluding carboxylic acids is 1. The predicted molar refractivity (Wildman–Crippen MR) is 92.1 cm³/mol. The average molecular weight is 329 g/mol. The lowest BCUT2D eigenvalue weighted by atomic mass is 9.46. The van der Waals surface area contributed by atoms with Crippen LogP contribution in [0.4, 0.5) is 0 Å². The molecular formula is C20H27NO3. The molecule has 3 fully saturated rings. The smallest absolute Gasteiger partial charge is 0.223 e. The summed E-state index contributed by atoms with van der Waals surface area (Å²) in [7, 11) is 0. The number of aryl methyl sites for hydroxylation is 2. The zero-order chi connectivity index (χ0) is 16.7. The van der Waals surface area contributed by atoms with Crippen molar-refractivity contribution < 1.29 is 14.3 Å². The third-order valence-electron chi connectivity index (χ3n) is 6.34. The van der Waals surface area contributed by atoms with Crippen LogP contribution in [0.2, 0.25) is 0 Å². The molecule has 1 aliphatic heterocycles. The van der Waals surface area contributed by atoms with E-state index in [-0.39, 0.29) is 11.3 Å². The number of rotatable bonds is 5. The molecule has 1 N–H and O–H groups in total. The highest BCUT2D eigenvalue weighted by Gasteiger charge is 2.66. The number of hydrogen-bond donors (Lipinski definition) is 1. The van der Waals surface area contributed by atoms with Crippen molar-refractivity contribution in [3.63, 3.8) is 0 Å². The number of nitrogens with one attached hydrogen (secondary N) is 1. The molecule has 3 aliphatic rings. The van der Waals surface area contributed by atoms with E-state index in [4.69, 9.17) is 9.47 Å². The molecule has 2 aliphatic carbocycles. The number of para-hydroxylation sites is 1. The Labute approximate surface area is 143 Å². The van der Waals surface area contributed by atoms with Gasteiger partial charge in [-0.25, -0.2) is 0 Å². The first-order valence-electron chi connectivity index (χ1n) is 9.22. The molecule has 130 valence electrons. The highest BCUT2D eigenvalue weighted by molar-refractivity contribution is 5.76. The molecule has 0 aromatic heterocycles. The van der Waals surface area contributed by atoms with E-state index in [2.05, 4.69) is 5.32 Å². The van der Waals surface area contributed by atoms with Gasteiger partial charge in [0.25, 0.3) is 0 Å². The number of benzene rings is 1. The SMILES string of the molecule is Cc1cccc(C)c1OCCC(=O)N[C@@H]1[C@H]2CCO[C@@H]2C12CCC2. The van der Waals surface area contributed by atoms with E-state index < -0.39 is 0 Å². The molecular weight excluding hydrogens is 302 g/mol. The molecule has 3 atom stereocenters. The summed E-state index contributed by atoms with van der Waals surface area (Å²) in [4.78, 5) is 12.4. The Balaban J connectivity index is 1.30. The number of hydrogen-bond acceptors (Lipinski definition) is 3. The van der Waals surface area contributed by atoms with Crippen LogP contribution in [0, 0.1) is 25.2 Å². The minimum absolute atomic E-state index is 0.114. The molecule has 4 nitrogen and oxygen atoms in total. The summed E-state index contributed by atoms with van der Waals surface area (Å²) >= 11 is 0. The Kier molecular flexibility index (Phi) is 4.03. The first-order chi connectivity index (χ1) is 11.6. The Morgan fingerprint density at radius 3 is 2.75 bits per heavy atom.